The highest BCUT2D eigenvalue weighted by atomic mass is 35.5. The number of benzene rings is 2. The van der Waals surface area contributed by atoms with Crippen LogP contribution in [0.1, 0.15) is 50.9 Å². The van der Waals surface area contributed by atoms with Crippen LogP contribution in [-0.2, 0) is 4.74 Å². The van der Waals surface area contributed by atoms with Crippen LogP contribution in [0.2, 0.25) is 5.02 Å². The highest BCUT2D eigenvalue weighted by molar-refractivity contribution is 6.33. The highest BCUT2D eigenvalue weighted by Crippen LogP contribution is 2.33. The lowest BCUT2D eigenvalue weighted by atomic mass is 9.96. The molecule has 1 aromatic heterocycles. The van der Waals surface area contributed by atoms with Crippen molar-refractivity contribution in [2.75, 3.05) is 68.5 Å². The van der Waals surface area contributed by atoms with E-state index in [-0.39, 0.29) is 11.9 Å². The first-order chi connectivity index (χ1) is 22.0. The van der Waals surface area contributed by atoms with Crippen LogP contribution in [0.4, 0.5) is 33.6 Å². The molecule has 3 aromatic rings. The van der Waals surface area contributed by atoms with Crippen LogP contribution in [0.5, 0.6) is 5.75 Å². The van der Waals surface area contributed by atoms with E-state index in [0.29, 0.717) is 39.7 Å². The maximum Gasteiger partial charge on any atom is 0.410 e. The Labute approximate surface area is 276 Å². The summed E-state index contributed by atoms with van der Waals surface area (Å²) in [6.45, 7) is 13.6. The van der Waals surface area contributed by atoms with Gasteiger partial charge in [0.05, 0.1) is 24.7 Å². The van der Waals surface area contributed by atoms with Crippen LogP contribution in [0.25, 0.3) is 0 Å². The molecular weight excluding hydrogens is 606 g/mol. The fourth-order valence-electron chi connectivity index (χ4n) is 5.82. The van der Waals surface area contributed by atoms with E-state index in [2.05, 4.69) is 36.5 Å². The SMILES string of the molecule is COc1cc(N2CCN(CC3CCN(C(=O)OC(C)(C)C)CC3)CC2)ccc1Nc1ncc(Cl)c(Nc2ccccc2C(C)=O)n1. The number of nitrogens with one attached hydrogen (secondary N) is 2. The van der Waals surface area contributed by atoms with Crippen molar-refractivity contribution in [3.63, 3.8) is 0 Å². The molecule has 2 aliphatic heterocycles. The van der Waals surface area contributed by atoms with Crippen LogP contribution in [0.3, 0.4) is 0 Å². The van der Waals surface area contributed by atoms with Crippen molar-refractivity contribution in [1.29, 1.82) is 0 Å². The van der Waals surface area contributed by atoms with E-state index in [0.717, 1.165) is 70.0 Å². The third-order valence-electron chi connectivity index (χ3n) is 8.26. The lowest BCUT2D eigenvalue weighted by Gasteiger charge is -2.39. The molecule has 1 amide bonds. The summed E-state index contributed by atoms with van der Waals surface area (Å²) in [5.74, 6) is 1.92. The normalized spacial score (nSPS) is 16.2. The van der Waals surface area contributed by atoms with E-state index in [1.54, 1.807) is 19.2 Å². The topological polar surface area (TPSA) is 112 Å². The van der Waals surface area contributed by atoms with Gasteiger partial charge >= 0.3 is 6.09 Å². The van der Waals surface area contributed by atoms with Crippen molar-refractivity contribution < 1.29 is 19.1 Å². The first-order valence-electron chi connectivity index (χ1n) is 15.8. The third-order valence-corrected chi connectivity index (χ3v) is 8.53. The monoisotopic (exact) mass is 649 g/mol. The number of ketones is 1. The minimum atomic E-state index is -0.465. The molecule has 0 atom stereocenters. The van der Waals surface area contributed by atoms with Gasteiger partial charge in [0, 0.05) is 63.1 Å². The average molecular weight is 650 g/mol. The number of rotatable bonds is 9. The molecule has 0 aliphatic carbocycles. The van der Waals surface area contributed by atoms with Gasteiger partial charge in [0.25, 0.3) is 0 Å². The molecule has 0 radical (unpaired) electrons. The second-order valence-corrected chi connectivity index (χ2v) is 13.2. The molecule has 0 spiro atoms. The van der Waals surface area contributed by atoms with Crippen molar-refractivity contribution in [1.82, 2.24) is 19.8 Å². The molecule has 0 saturated carbocycles. The molecular formula is C34H44ClN7O4. The maximum atomic E-state index is 12.4. The second kappa shape index (κ2) is 14.6. The molecule has 5 rings (SSSR count). The van der Waals surface area contributed by atoms with E-state index in [9.17, 15) is 9.59 Å². The molecule has 3 heterocycles. The summed E-state index contributed by atoms with van der Waals surface area (Å²) in [7, 11) is 1.64. The van der Waals surface area contributed by atoms with Crippen molar-refractivity contribution in [3.05, 3.63) is 59.2 Å². The Morgan fingerprint density at radius 2 is 1.70 bits per heavy atom. The molecule has 2 N–H and O–H groups in total. The number of nitrogens with zero attached hydrogens (tertiary/aromatic N) is 5. The van der Waals surface area contributed by atoms with Gasteiger partial charge in [-0.25, -0.2) is 9.78 Å². The Balaban J connectivity index is 1.15. The molecule has 46 heavy (non-hydrogen) atoms. The number of hydrogen-bond donors (Lipinski definition) is 2. The molecule has 11 nitrogen and oxygen atoms in total. The van der Waals surface area contributed by atoms with E-state index in [1.165, 1.54) is 13.1 Å². The number of piperazine rings is 1. The van der Waals surface area contributed by atoms with Crippen molar-refractivity contribution >= 4 is 52.3 Å². The number of piperidine rings is 1. The maximum absolute atomic E-state index is 12.4. The van der Waals surface area contributed by atoms with Crippen molar-refractivity contribution in [2.24, 2.45) is 5.92 Å². The van der Waals surface area contributed by atoms with Gasteiger partial charge in [0.15, 0.2) is 11.6 Å². The summed E-state index contributed by atoms with van der Waals surface area (Å²) >= 11 is 6.39. The number of hydrogen-bond acceptors (Lipinski definition) is 10. The van der Waals surface area contributed by atoms with Crippen LogP contribution in [-0.4, -0.2) is 90.2 Å². The predicted molar refractivity (Wildman–Crippen MR) is 182 cm³/mol. The predicted octanol–water partition coefficient (Wildman–Crippen LogP) is 6.60. The van der Waals surface area contributed by atoms with E-state index in [1.807, 2.05) is 49.9 Å². The van der Waals surface area contributed by atoms with Gasteiger partial charge in [-0.3, -0.25) is 9.69 Å². The van der Waals surface area contributed by atoms with Crippen LogP contribution < -0.4 is 20.3 Å². The zero-order valence-corrected chi connectivity index (χ0v) is 28.1. The van der Waals surface area contributed by atoms with Crippen molar-refractivity contribution in [2.45, 2.75) is 46.1 Å². The molecule has 2 saturated heterocycles. The summed E-state index contributed by atoms with van der Waals surface area (Å²) in [5.41, 5.74) is 2.51. The molecule has 2 aromatic carbocycles. The summed E-state index contributed by atoms with van der Waals surface area (Å²) in [6, 6.07) is 13.3. The summed E-state index contributed by atoms with van der Waals surface area (Å²) in [4.78, 5) is 40.1. The number of carbonyl (C=O) groups is 2. The Kier molecular flexibility index (Phi) is 10.5. The number of likely N-dealkylation sites (tertiary alicyclic amines) is 1. The first kappa shape index (κ1) is 33.3. The van der Waals surface area contributed by atoms with Crippen molar-refractivity contribution in [3.8, 4) is 5.75 Å². The first-order valence-corrected chi connectivity index (χ1v) is 16.2. The molecule has 0 bridgehead atoms. The number of Topliss-reactive ketones (excluding diaryl/α,β-unsaturated/α-hetero) is 1. The quantitative estimate of drug-likeness (QED) is 0.246. The minimum absolute atomic E-state index is 0.0599. The Morgan fingerprint density at radius 1 is 0.978 bits per heavy atom. The summed E-state index contributed by atoms with van der Waals surface area (Å²) < 4.78 is 11.3. The Hall–Kier alpha value is -4.09. The fraction of sp³-hybridized carbons (Fsp3) is 0.471. The van der Waals surface area contributed by atoms with Gasteiger partial charge in [-0.2, -0.15) is 4.98 Å². The Morgan fingerprint density at radius 3 is 2.37 bits per heavy atom. The van der Waals surface area contributed by atoms with Gasteiger partial charge in [-0.15, -0.1) is 0 Å². The zero-order chi connectivity index (χ0) is 32.8. The molecule has 246 valence electrons. The number of para-hydroxylation sites is 1. The van der Waals surface area contributed by atoms with Crippen LogP contribution in [0.15, 0.2) is 48.7 Å². The summed E-state index contributed by atoms with van der Waals surface area (Å²) in [6.07, 6.45) is 3.32. The van der Waals surface area contributed by atoms with Gasteiger partial charge < -0.3 is 29.9 Å². The molecule has 2 fully saturated rings. The zero-order valence-electron chi connectivity index (χ0n) is 27.3. The minimum Gasteiger partial charge on any atom is -0.494 e. The second-order valence-electron chi connectivity index (χ2n) is 12.8. The number of anilines is 5. The standard InChI is InChI=1S/C34H44ClN7O4/c1-23(43)26-8-6-7-9-28(26)37-31-27(35)21-36-32(39-31)38-29-11-10-25(20-30(29)45-5)41-18-16-40(17-19-41)22-24-12-14-42(15-13-24)33(44)46-34(2,3)4/h6-11,20-21,24H,12-19,22H2,1-5H3,(H2,36,37,38,39). The van der Waals surface area contributed by atoms with E-state index >= 15 is 0 Å². The van der Waals surface area contributed by atoms with Gasteiger partial charge in [0.1, 0.15) is 16.4 Å². The largest absolute Gasteiger partial charge is 0.494 e. The number of aromatic nitrogens is 2. The molecule has 12 heteroatoms. The molecule has 0 unspecified atom stereocenters. The van der Waals surface area contributed by atoms with Gasteiger partial charge in [0.2, 0.25) is 5.95 Å². The number of methoxy groups -OCH3 is 1. The average Bonchev–Trinajstić information content (AvgIpc) is 3.03. The smallest absolute Gasteiger partial charge is 0.410 e. The van der Waals surface area contributed by atoms with E-state index in [4.69, 9.17) is 21.1 Å². The lowest BCUT2D eigenvalue weighted by Crippen LogP contribution is -2.49. The number of ether oxygens (including phenoxy) is 2. The van der Waals surface area contributed by atoms with Crippen LogP contribution >= 0.6 is 11.6 Å². The fourth-order valence-corrected chi connectivity index (χ4v) is 5.96. The number of halogens is 1. The number of carbonyl (C=O) groups excluding carboxylic acids is 2. The lowest BCUT2D eigenvalue weighted by molar-refractivity contribution is 0.0168. The van der Waals surface area contributed by atoms with E-state index < -0.39 is 5.60 Å². The summed E-state index contributed by atoms with van der Waals surface area (Å²) in [5, 5.41) is 6.74. The number of amides is 1. The van der Waals surface area contributed by atoms with Crippen LogP contribution in [0, 0.1) is 5.92 Å². The van der Waals surface area contributed by atoms with Gasteiger partial charge in [-0.1, -0.05) is 23.7 Å². The Bertz CT molecular complexity index is 1530. The molecule has 2 aliphatic rings. The highest BCUT2D eigenvalue weighted by Gasteiger charge is 2.29. The third kappa shape index (κ3) is 8.58. The van der Waals surface area contributed by atoms with Gasteiger partial charge in [-0.05, 0) is 70.7 Å².